The smallest absolute Gasteiger partial charge is 0.251 e. The summed E-state index contributed by atoms with van der Waals surface area (Å²) < 4.78 is 25.7. The van der Waals surface area contributed by atoms with E-state index in [0.717, 1.165) is 31.0 Å². The summed E-state index contributed by atoms with van der Waals surface area (Å²) in [6.45, 7) is 0.344. The number of nitrogens with one attached hydrogen (secondary N) is 1. The Balaban J connectivity index is 2.14. The molecule has 0 aromatic heterocycles. The van der Waals surface area contributed by atoms with Crippen molar-refractivity contribution in [3.8, 4) is 0 Å². The van der Waals surface area contributed by atoms with Crippen molar-refractivity contribution in [3.05, 3.63) is 35.4 Å². The SMILES string of the molecule is NCC1(NC(=O)c2cc(F)cc(F)c2)CC1. The van der Waals surface area contributed by atoms with E-state index in [9.17, 15) is 13.6 Å². The zero-order valence-electron chi connectivity index (χ0n) is 8.59. The van der Waals surface area contributed by atoms with E-state index < -0.39 is 17.5 Å². The van der Waals surface area contributed by atoms with Crippen LogP contribution in [0, 0.1) is 11.6 Å². The van der Waals surface area contributed by atoms with E-state index in [4.69, 9.17) is 5.73 Å². The van der Waals surface area contributed by atoms with Crippen LogP contribution in [0.15, 0.2) is 18.2 Å². The maximum atomic E-state index is 12.9. The van der Waals surface area contributed by atoms with Crippen LogP contribution < -0.4 is 11.1 Å². The monoisotopic (exact) mass is 226 g/mol. The molecule has 5 heteroatoms. The van der Waals surface area contributed by atoms with E-state index in [2.05, 4.69) is 5.32 Å². The molecular weight excluding hydrogens is 214 g/mol. The van der Waals surface area contributed by atoms with Crippen LogP contribution in [0.1, 0.15) is 23.2 Å². The normalized spacial score (nSPS) is 16.9. The van der Waals surface area contributed by atoms with Crippen molar-refractivity contribution < 1.29 is 13.6 Å². The third kappa shape index (κ3) is 2.19. The second-order valence-corrected chi connectivity index (χ2v) is 4.10. The molecule has 1 aromatic rings. The zero-order chi connectivity index (χ0) is 11.8. The lowest BCUT2D eigenvalue weighted by molar-refractivity contribution is 0.0932. The lowest BCUT2D eigenvalue weighted by atomic mass is 10.1. The molecule has 1 fully saturated rings. The van der Waals surface area contributed by atoms with E-state index in [-0.39, 0.29) is 11.1 Å². The number of carbonyl (C=O) groups excluding carboxylic acids is 1. The minimum atomic E-state index is -0.761. The first-order valence-corrected chi connectivity index (χ1v) is 5.03. The van der Waals surface area contributed by atoms with Crippen LogP contribution in [-0.2, 0) is 0 Å². The number of rotatable bonds is 3. The molecule has 1 aliphatic carbocycles. The molecule has 16 heavy (non-hydrogen) atoms. The molecule has 0 aliphatic heterocycles. The molecule has 1 saturated carbocycles. The molecule has 3 nitrogen and oxygen atoms in total. The van der Waals surface area contributed by atoms with Crippen molar-refractivity contribution in [2.24, 2.45) is 5.73 Å². The van der Waals surface area contributed by atoms with Gasteiger partial charge in [0.05, 0.1) is 5.54 Å². The van der Waals surface area contributed by atoms with Crippen LogP contribution in [-0.4, -0.2) is 18.0 Å². The van der Waals surface area contributed by atoms with E-state index in [1.165, 1.54) is 0 Å². The van der Waals surface area contributed by atoms with Crippen molar-refractivity contribution in [2.45, 2.75) is 18.4 Å². The van der Waals surface area contributed by atoms with Gasteiger partial charge >= 0.3 is 0 Å². The molecule has 3 N–H and O–H groups in total. The average molecular weight is 226 g/mol. The predicted molar refractivity (Wildman–Crippen MR) is 54.8 cm³/mol. The largest absolute Gasteiger partial charge is 0.345 e. The van der Waals surface area contributed by atoms with Crippen molar-refractivity contribution >= 4 is 5.91 Å². The number of hydrogen-bond donors (Lipinski definition) is 2. The Hall–Kier alpha value is -1.49. The first-order valence-electron chi connectivity index (χ1n) is 5.03. The number of hydrogen-bond acceptors (Lipinski definition) is 2. The van der Waals surface area contributed by atoms with Gasteiger partial charge in [-0.15, -0.1) is 0 Å². The molecule has 0 saturated heterocycles. The van der Waals surface area contributed by atoms with Crippen molar-refractivity contribution in [1.29, 1.82) is 0 Å². The Kier molecular flexibility index (Phi) is 2.63. The number of amides is 1. The lowest BCUT2D eigenvalue weighted by Crippen LogP contribution is -2.42. The van der Waals surface area contributed by atoms with Gasteiger partial charge in [-0.25, -0.2) is 8.78 Å². The van der Waals surface area contributed by atoms with Crippen molar-refractivity contribution in [1.82, 2.24) is 5.32 Å². The second kappa shape index (κ2) is 3.83. The molecule has 2 rings (SSSR count). The van der Waals surface area contributed by atoms with Gasteiger partial charge in [0, 0.05) is 18.2 Å². The lowest BCUT2D eigenvalue weighted by Gasteiger charge is -2.14. The fourth-order valence-corrected chi connectivity index (χ4v) is 1.53. The van der Waals surface area contributed by atoms with Gasteiger partial charge in [0.15, 0.2) is 0 Å². The summed E-state index contributed by atoms with van der Waals surface area (Å²) in [5, 5.41) is 2.69. The fourth-order valence-electron chi connectivity index (χ4n) is 1.53. The van der Waals surface area contributed by atoms with Gasteiger partial charge in [-0.3, -0.25) is 4.79 Å². The Bertz CT molecular complexity index is 410. The topological polar surface area (TPSA) is 55.1 Å². The molecule has 0 radical (unpaired) electrons. The van der Waals surface area contributed by atoms with Crippen molar-refractivity contribution in [2.75, 3.05) is 6.54 Å². The van der Waals surface area contributed by atoms with E-state index >= 15 is 0 Å². The summed E-state index contributed by atoms with van der Waals surface area (Å²) >= 11 is 0. The molecule has 1 aliphatic rings. The van der Waals surface area contributed by atoms with Crippen LogP contribution in [0.3, 0.4) is 0 Å². The summed E-state index contributed by atoms with van der Waals surface area (Å²) in [6, 6.07) is 2.74. The fraction of sp³-hybridized carbons (Fsp3) is 0.364. The van der Waals surface area contributed by atoms with Gasteiger partial charge in [0.2, 0.25) is 0 Å². The minimum Gasteiger partial charge on any atom is -0.345 e. The Labute approximate surface area is 91.6 Å². The van der Waals surface area contributed by atoms with Crippen LogP contribution in [0.5, 0.6) is 0 Å². The number of halogens is 2. The van der Waals surface area contributed by atoms with Crippen LogP contribution in [0.4, 0.5) is 8.78 Å². The quantitative estimate of drug-likeness (QED) is 0.813. The summed E-state index contributed by atoms with van der Waals surface area (Å²) in [7, 11) is 0. The third-order valence-corrected chi connectivity index (χ3v) is 2.75. The Morgan fingerprint density at radius 2 is 1.88 bits per heavy atom. The van der Waals surface area contributed by atoms with Gasteiger partial charge in [-0.05, 0) is 25.0 Å². The molecule has 0 bridgehead atoms. The second-order valence-electron chi connectivity index (χ2n) is 4.10. The molecule has 0 atom stereocenters. The maximum Gasteiger partial charge on any atom is 0.251 e. The Morgan fingerprint density at radius 1 is 1.31 bits per heavy atom. The predicted octanol–water partition coefficient (Wildman–Crippen LogP) is 1.19. The maximum absolute atomic E-state index is 12.9. The first-order chi connectivity index (χ1) is 7.54. The van der Waals surface area contributed by atoms with Gasteiger partial charge in [0.25, 0.3) is 5.91 Å². The third-order valence-electron chi connectivity index (χ3n) is 2.75. The summed E-state index contributed by atoms with van der Waals surface area (Å²) in [6.07, 6.45) is 1.63. The number of carbonyl (C=O) groups is 1. The van der Waals surface area contributed by atoms with Gasteiger partial charge in [-0.1, -0.05) is 0 Å². The summed E-state index contributed by atoms with van der Waals surface area (Å²) in [4.78, 5) is 11.7. The van der Waals surface area contributed by atoms with E-state index in [1.807, 2.05) is 0 Å². The van der Waals surface area contributed by atoms with Crippen LogP contribution >= 0.6 is 0 Å². The molecule has 0 heterocycles. The molecule has 0 spiro atoms. The highest BCUT2D eigenvalue weighted by Gasteiger charge is 2.42. The van der Waals surface area contributed by atoms with Crippen LogP contribution in [0.25, 0.3) is 0 Å². The van der Waals surface area contributed by atoms with Gasteiger partial charge in [0.1, 0.15) is 11.6 Å². The Morgan fingerprint density at radius 3 is 2.31 bits per heavy atom. The highest BCUT2D eigenvalue weighted by molar-refractivity contribution is 5.95. The number of benzene rings is 1. The van der Waals surface area contributed by atoms with E-state index in [0.29, 0.717) is 6.54 Å². The number of nitrogens with two attached hydrogens (primary N) is 1. The molecule has 86 valence electrons. The highest BCUT2D eigenvalue weighted by Crippen LogP contribution is 2.34. The molecule has 1 aromatic carbocycles. The summed E-state index contributed by atoms with van der Waals surface area (Å²) in [5.74, 6) is -2.01. The molecular formula is C11H12F2N2O. The van der Waals surface area contributed by atoms with Gasteiger partial charge < -0.3 is 11.1 Å². The molecule has 1 amide bonds. The standard InChI is InChI=1S/C11H12F2N2O/c12-8-3-7(4-9(13)5-8)10(16)15-11(6-14)1-2-11/h3-5H,1-2,6,14H2,(H,15,16). The van der Waals surface area contributed by atoms with Crippen LogP contribution in [0.2, 0.25) is 0 Å². The minimum absolute atomic E-state index is 0.0165. The highest BCUT2D eigenvalue weighted by atomic mass is 19.1. The zero-order valence-corrected chi connectivity index (χ0v) is 8.59. The summed E-state index contributed by atoms with van der Waals surface area (Å²) in [5.41, 5.74) is 5.11. The molecule has 0 unspecified atom stereocenters. The first kappa shape index (κ1) is 11.0. The van der Waals surface area contributed by atoms with E-state index in [1.54, 1.807) is 0 Å². The van der Waals surface area contributed by atoms with Crippen molar-refractivity contribution in [3.63, 3.8) is 0 Å². The average Bonchev–Trinajstić information content (AvgIpc) is 2.97. The van der Waals surface area contributed by atoms with Gasteiger partial charge in [-0.2, -0.15) is 0 Å².